The maximum Gasteiger partial charge on any atom is 0.315 e. The average Bonchev–Trinajstić information content (AvgIpc) is 2.82. The average molecular weight is 339 g/mol. The van der Waals surface area contributed by atoms with Crippen molar-refractivity contribution in [2.75, 3.05) is 0 Å². The topological polar surface area (TPSA) is 90.0 Å². The third-order valence-electron chi connectivity index (χ3n) is 2.81. The number of H-pyrrole nitrogens is 1. The third-order valence-corrected chi connectivity index (χ3v) is 3.49. The highest BCUT2D eigenvalue weighted by molar-refractivity contribution is 9.10. The molecule has 0 radical (unpaired) electrons. The number of benzene rings is 1. The molecule has 0 saturated heterocycles. The summed E-state index contributed by atoms with van der Waals surface area (Å²) >= 11 is 3.32. The van der Waals surface area contributed by atoms with E-state index in [1.54, 1.807) is 24.4 Å². The molecule has 0 spiro atoms. The minimum Gasteiger partial charge on any atom is -0.508 e. The van der Waals surface area contributed by atoms with E-state index in [-0.39, 0.29) is 17.8 Å². The van der Waals surface area contributed by atoms with Gasteiger partial charge in [-0.2, -0.15) is 5.10 Å². The molecule has 1 atom stereocenters. The number of aromatic nitrogens is 2. The minimum atomic E-state index is -0.289. The van der Waals surface area contributed by atoms with Crippen molar-refractivity contribution in [3.05, 3.63) is 46.2 Å². The normalized spacial score (nSPS) is 11.9. The van der Waals surface area contributed by atoms with Crippen LogP contribution in [0.25, 0.3) is 0 Å². The molecule has 7 heteroatoms. The number of phenolic OH excluding ortho intramolecular Hbond substituents is 1. The largest absolute Gasteiger partial charge is 0.508 e. The first kappa shape index (κ1) is 14.4. The van der Waals surface area contributed by atoms with Crippen molar-refractivity contribution in [2.45, 2.75) is 19.5 Å². The molecule has 0 fully saturated rings. The summed E-state index contributed by atoms with van der Waals surface area (Å²) in [7, 11) is 0. The molecular formula is C13H15BrN4O2. The quantitative estimate of drug-likeness (QED) is 0.690. The highest BCUT2D eigenvalue weighted by atomic mass is 79.9. The van der Waals surface area contributed by atoms with Crippen LogP contribution >= 0.6 is 15.9 Å². The Morgan fingerprint density at radius 3 is 3.00 bits per heavy atom. The molecule has 2 aromatic rings. The van der Waals surface area contributed by atoms with Crippen LogP contribution in [0.2, 0.25) is 0 Å². The standard InChI is InChI=1S/C13H15BrN4O2/c1-8(9-3-2-4-10(19)5-9)17-13(20)15-7-12-11(14)6-16-18-12/h2-6,8,19H,7H2,1H3,(H,16,18)(H2,15,17,20)/t8-/m1/s1. The summed E-state index contributed by atoms with van der Waals surface area (Å²) in [6.07, 6.45) is 1.63. The fourth-order valence-corrected chi connectivity index (χ4v) is 2.05. The summed E-state index contributed by atoms with van der Waals surface area (Å²) < 4.78 is 0.818. The Labute approximate surface area is 124 Å². The maximum absolute atomic E-state index is 11.8. The lowest BCUT2D eigenvalue weighted by atomic mass is 10.1. The number of hydrogen-bond acceptors (Lipinski definition) is 3. The van der Waals surface area contributed by atoms with Crippen molar-refractivity contribution in [2.24, 2.45) is 0 Å². The van der Waals surface area contributed by atoms with Gasteiger partial charge in [0.25, 0.3) is 0 Å². The Balaban J connectivity index is 1.87. The van der Waals surface area contributed by atoms with Crippen molar-refractivity contribution in [1.82, 2.24) is 20.8 Å². The summed E-state index contributed by atoms with van der Waals surface area (Å²) in [6, 6.07) is 6.30. The Hall–Kier alpha value is -2.02. The molecule has 1 aromatic carbocycles. The maximum atomic E-state index is 11.8. The van der Waals surface area contributed by atoms with Gasteiger partial charge in [-0.15, -0.1) is 0 Å². The highest BCUT2D eigenvalue weighted by Gasteiger charge is 2.10. The number of carbonyl (C=O) groups is 1. The van der Waals surface area contributed by atoms with E-state index in [9.17, 15) is 9.90 Å². The van der Waals surface area contributed by atoms with Crippen LogP contribution in [0.15, 0.2) is 34.9 Å². The first-order valence-corrected chi connectivity index (χ1v) is 6.86. The summed E-state index contributed by atoms with van der Waals surface area (Å²) in [5.41, 5.74) is 1.63. The van der Waals surface area contributed by atoms with E-state index >= 15 is 0 Å². The van der Waals surface area contributed by atoms with Gasteiger partial charge >= 0.3 is 6.03 Å². The number of aromatic amines is 1. The first-order chi connectivity index (χ1) is 9.56. The Kier molecular flexibility index (Phi) is 4.62. The molecule has 0 aliphatic rings. The minimum absolute atomic E-state index is 0.179. The van der Waals surface area contributed by atoms with Crippen LogP contribution in [0, 0.1) is 0 Å². The van der Waals surface area contributed by atoms with Crippen LogP contribution in [0.3, 0.4) is 0 Å². The van der Waals surface area contributed by atoms with Crippen molar-refractivity contribution in [1.29, 1.82) is 0 Å². The molecule has 0 bridgehead atoms. The lowest BCUT2D eigenvalue weighted by Gasteiger charge is -2.15. The monoisotopic (exact) mass is 338 g/mol. The van der Waals surface area contributed by atoms with Gasteiger partial charge in [-0.25, -0.2) is 4.79 Å². The summed E-state index contributed by atoms with van der Waals surface area (Å²) in [5.74, 6) is 0.179. The number of carbonyl (C=O) groups excluding carboxylic acids is 1. The van der Waals surface area contributed by atoms with Gasteiger partial charge in [-0.1, -0.05) is 12.1 Å². The molecule has 106 valence electrons. The molecule has 2 rings (SSSR count). The zero-order valence-electron chi connectivity index (χ0n) is 10.9. The molecule has 6 nitrogen and oxygen atoms in total. The molecule has 0 unspecified atom stereocenters. The third kappa shape index (κ3) is 3.74. The van der Waals surface area contributed by atoms with Gasteiger partial charge in [0.15, 0.2) is 0 Å². The van der Waals surface area contributed by atoms with Gasteiger partial charge in [0.05, 0.1) is 29.0 Å². The predicted octanol–water partition coefficient (Wildman–Crippen LogP) is 2.44. The van der Waals surface area contributed by atoms with Gasteiger partial charge in [0.1, 0.15) is 5.75 Å². The lowest BCUT2D eigenvalue weighted by Crippen LogP contribution is -2.36. The van der Waals surface area contributed by atoms with Crippen molar-refractivity contribution in [3.63, 3.8) is 0 Å². The summed E-state index contributed by atoms with van der Waals surface area (Å²) in [4.78, 5) is 11.8. The number of rotatable bonds is 4. The molecule has 0 aliphatic carbocycles. The molecular weight excluding hydrogens is 324 g/mol. The molecule has 1 aromatic heterocycles. The number of hydrogen-bond donors (Lipinski definition) is 4. The second-order valence-electron chi connectivity index (χ2n) is 4.34. The Morgan fingerprint density at radius 2 is 2.35 bits per heavy atom. The fourth-order valence-electron chi connectivity index (χ4n) is 1.72. The van der Waals surface area contributed by atoms with E-state index in [0.29, 0.717) is 6.54 Å². The Morgan fingerprint density at radius 1 is 1.55 bits per heavy atom. The zero-order valence-corrected chi connectivity index (χ0v) is 12.4. The van der Waals surface area contributed by atoms with Crippen molar-refractivity contribution in [3.8, 4) is 5.75 Å². The SMILES string of the molecule is C[C@@H](NC(=O)NCc1[nH]ncc1Br)c1cccc(O)c1. The highest BCUT2D eigenvalue weighted by Crippen LogP contribution is 2.17. The van der Waals surface area contributed by atoms with Gasteiger partial charge in [0.2, 0.25) is 0 Å². The van der Waals surface area contributed by atoms with Crippen molar-refractivity contribution < 1.29 is 9.90 Å². The van der Waals surface area contributed by atoms with Crippen LogP contribution < -0.4 is 10.6 Å². The predicted molar refractivity (Wildman–Crippen MR) is 78.2 cm³/mol. The number of halogens is 1. The lowest BCUT2D eigenvalue weighted by molar-refractivity contribution is 0.237. The van der Waals surface area contributed by atoms with Gasteiger partial charge in [0, 0.05) is 0 Å². The van der Waals surface area contributed by atoms with E-state index in [0.717, 1.165) is 15.7 Å². The number of phenols is 1. The first-order valence-electron chi connectivity index (χ1n) is 6.07. The number of aromatic hydroxyl groups is 1. The van der Waals surface area contributed by atoms with Crippen LogP contribution in [0.4, 0.5) is 4.79 Å². The smallest absolute Gasteiger partial charge is 0.315 e. The summed E-state index contributed by atoms with van der Waals surface area (Å²) in [6.45, 7) is 2.19. The van der Waals surface area contributed by atoms with Crippen LogP contribution in [0.1, 0.15) is 24.2 Å². The van der Waals surface area contributed by atoms with Crippen LogP contribution in [-0.2, 0) is 6.54 Å². The fraction of sp³-hybridized carbons (Fsp3) is 0.231. The van der Waals surface area contributed by atoms with Gasteiger partial charge in [-0.3, -0.25) is 5.10 Å². The van der Waals surface area contributed by atoms with Gasteiger partial charge in [-0.05, 0) is 40.5 Å². The van der Waals surface area contributed by atoms with Crippen LogP contribution in [-0.4, -0.2) is 21.3 Å². The van der Waals surface area contributed by atoms with E-state index in [1.165, 1.54) is 0 Å². The number of nitrogens with one attached hydrogen (secondary N) is 3. The van der Waals surface area contributed by atoms with E-state index in [1.807, 2.05) is 13.0 Å². The molecule has 0 saturated carbocycles. The molecule has 0 aliphatic heterocycles. The second-order valence-corrected chi connectivity index (χ2v) is 5.19. The van der Waals surface area contributed by atoms with E-state index < -0.39 is 0 Å². The van der Waals surface area contributed by atoms with Gasteiger partial charge < -0.3 is 15.7 Å². The number of amides is 2. The molecule has 1 heterocycles. The molecule has 4 N–H and O–H groups in total. The number of urea groups is 1. The van der Waals surface area contributed by atoms with E-state index in [2.05, 4.69) is 36.8 Å². The van der Waals surface area contributed by atoms with E-state index in [4.69, 9.17) is 0 Å². The molecule has 20 heavy (non-hydrogen) atoms. The summed E-state index contributed by atoms with van der Waals surface area (Å²) in [5, 5.41) is 21.6. The molecule has 2 amide bonds. The van der Waals surface area contributed by atoms with Crippen LogP contribution in [0.5, 0.6) is 5.75 Å². The zero-order chi connectivity index (χ0) is 14.5. The number of nitrogens with zero attached hydrogens (tertiary/aromatic N) is 1. The Bertz CT molecular complexity index is 600. The van der Waals surface area contributed by atoms with Crippen molar-refractivity contribution >= 4 is 22.0 Å². The second kappa shape index (κ2) is 6.42.